The lowest BCUT2D eigenvalue weighted by Crippen LogP contribution is -2.44. The van der Waals surface area contributed by atoms with E-state index in [9.17, 15) is 9.59 Å². The molecular formula is C16H22O2. The van der Waals surface area contributed by atoms with Crippen LogP contribution in [0.25, 0.3) is 0 Å². The molecule has 18 heavy (non-hydrogen) atoms. The van der Waals surface area contributed by atoms with Crippen molar-refractivity contribution in [2.75, 3.05) is 0 Å². The molecule has 0 N–H and O–H groups in total. The molecule has 0 aromatic rings. The number of rotatable bonds is 0. The molecular weight excluding hydrogens is 224 g/mol. The van der Waals surface area contributed by atoms with Crippen LogP contribution in [0.5, 0.6) is 0 Å². The van der Waals surface area contributed by atoms with E-state index in [0.717, 1.165) is 12.3 Å². The molecule has 2 heteroatoms. The first kappa shape index (κ1) is 11.2. The molecule has 4 rings (SSSR count). The molecule has 0 heterocycles. The van der Waals surface area contributed by atoms with Gasteiger partial charge in [0.05, 0.1) is 0 Å². The monoisotopic (exact) mass is 246 g/mol. The zero-order chi connectivity index (χ0) is 12.3. The maximum absolute atomic E-state index is 12.4. The van der Waals surface area contributed by atoms with Crippen LogP contribution in [0.2, 0.25) is 0 Å². The summed E-state index contributed by atoms with van der Waals surface area (Å²) >= 11 is 0. The van der Waals surface area contributed by atoms with Gasteiger partial charge >= 0.3 is 0 Å². The minimum atomic E-state index is 0.0147. The molecule has 2 nitrogen and oxygen atoms in total. The summed E-state index contributed by atoms with van der Waals surface area (Å²) in [6.07, 6.45) is 9.93. The van der Waals surface area contributed by atoms with Gasteiger partial charge in [-0.2, -0.15) is 0 Å². The predicted molar refractivity (Wildman–Crippen MR) is 67.9 cm³/mol. The average molecular weight is 246 g/mol. The Labute approximate surface area is 109 Å². The van der Waals surface area contributed by atoms with E-state index >= 15 is 0 Å². The van der Waals surface area contributed by atoms with Crippen molar-refractivity contribution in [2.45, 2.75) is 51.4 Å². The van der Waals surface area contributed by atoms with Crippen molar-refractivity contribution in [3.05, 3.63) is 0 Å². The third-order valence-electron chi connectivity index (χ3n) is 6.43. The highest BCUT2D eigenvalue weighted by atomic mass is 16.2. The third-order valence-corrected chi connectivity index (χ3v) is 6.43. The number of carbonyl (C=O) groups excluding carboxylic acids is 2. The van der Waals surface area contributed by atoms with Gasteiger partial charge in [0.25, 0.3) is 0 Å². The van der Waals surface area contributed by atoms with Crippen LogP contribution in [-0.4, -0.2) is 11.6 Å². The molecule has 98 valence electrons. The van der Waals surface area contributed by atoms with Crippen molar-refractivity contribution < 1.29 is 9.59 Å². The standard InChI is InChI=1S/C16H22O2/c17-15-12-7-3-5-10-8-9-4-1-2-6-11(9)14(13(10)12)16(15)18/h9-14H,1-8H2. The summed E-state index contributed by atoms with van der Waals surface area (Å²) in [4.78, 5) is 24.6. The molecule has 0 bridgehead atoms. The lowest BCUT2D eigenvalue weighted by molar-refractivity contribution is -0.138. The Balaban J connectivity index is 1.73. The number of hydrogen-bond acceptors (Lipinski definition) is 2. The van der Waals surface area contributed by atoms with E-state index in [4.69, 9.17) is 0 Å². The van der Waals surface area contributed by atoms with Crippen LogP contribution in [0.1, 0.15) is 51.4 Å². The van der Waals surface area contributed by atoms with Crippen LogP contribution in [0.15, 0.2) is 0 Å². The van der Waals surface area contributed by atoms with Gasteiger partial charge in [0, 0.05) is 11.8 Å². The highest BCUT2D eigenvalue weighted by molar-refractivity contribution is 6.41. The largest absolute Gasteiger partial charge is 0.291 e. The second-order valence-corrected chi connectivity index (χ2v) is 7.07. The van der Waals surface area contributed by atoms with Gasteiger partial charge in [-0.3, -0.25) is 9.59 Å². The quantitative estimate of drug-likeness (QED) is 0.616. The number of fused-ring (bicyclic) bond motifs is 2. The maximum atomic E-state index is 12.4. The molecule has 0 aromatic heterocycles. The molecule has 6 unspecified atom stereocenters. The first-order valence-electron chi connectivity index (χ1n) is 7.85. The summed E-state index contributed by atoms with van der Waals surface area (Å²) in [5, 5.41) is 0. The SMILES string of the molecule is O=C1C(=O)C2C3CCCCC3CC3CCCC1C32. The fraction of sp³-hybridized carbons (Fsp3) is 0.875. The molecule has 4 saturated carbocycles. The summed E-state index contributed by atoms with van der Waals surface area (Å²) < 4.78 is 0. The Kier molecular flexibility index (Phi) is 2.43. The predicted octanol–water partition coefficient (Wildman–Crippen LogP) is 3.00. The Bertz CT molecular complexity index is 400. The zero-order valence-electron chi connectivity index (χ0n) is 10.9. The number of hydrogen-bond donors (Lipinski definition) is 0. The molecule has 0 saturated heterocycles. The highest BCUT2D eigenvalue weighted by Gasteiger charge is 2.59. The molecule has 0 amide bonds. The second kappa shape index (κ2) is 3.91. The summed E-state index contributed by atoms with van der Waals surface area (Å²) in [5.74, 6) is 2.81. The molecule has 4 aliphatic carbocycles. The van der Waals surface area contributed by atoms with Crippen molar-refractivity contribution in [2.24, 2.45) is 35.5 Å². The van der Waals surface area contributed by atoms with Gasteiger partial charge < -0.3 is 0 Å². The van der Waals surface area contributed by atoms with Crippen molar-refractivity contribution in [3.63, 3.8) is 0 Å². The van der Waals surface area contributed by atoms with Crippen LogP contribution in [0, 0.1) is 35.5 Å². The van der Waals surface area contributed by atoms with E-state index in [1.807, 2.05) is 0 Å². The van der Waals surface area contributed by atoms with Gasteiger partial charge in [0.2, 0.25) is 11.6 Å². The molecule has 4 aliphatic rings. The number of carbonyl (C=O) groups is 2. The Morgan fingerprint density at radius 1 is 0.778 bits per heavy atom. The Morgan fingerprint density at radius 2 is 1.56 bits per heavy atom. The van der Waals surface area contributed by atoms with Crippen molar-refractivity contribution in [3.8, 4) is 0 Å². The van der Waals surface area contributed by atoms with Crippen molar-refractivity contribution in [1.82, 2.24) is 0 Å². The first-order valence-corrected chi connectivity index (χ1v) is 7.85. The van der Waals surface area contributed by atoms with E-state index in [0.29, 0.717) is 17.8 Å². The molecule has 0 aliphatic heterocycles. The van der Waals surface area contributed by atoms with Gasteiger partial charge in [-0.05, 0) is 42.9 Å². The summed E-state index contributed by atoms with van der Waals surface area (Å²) in [6.45, 7) is 0. The van der Waals surface area contributed by atoms with Crippen LogP contribution in [-0.2, 0) is 9.59 Å². The van der Waals surface area contributed by atoms with Gasteiger partial charge in [-0.15, -0.1) is 0 Å². The average Bonchev–Trinajstić information content (AvgIpc) is 2.66. The van der Waals surface area contributed by atoms with Gasteiger partial charge in [0.1, 0.15) is 0 Å². The lowest BCUT2D eigenvalue weighted by atomic mass is 9.55. The molecule has 0 spiro atoms. The van der Waals surface area contributed by atoms with E-state index in [1.165, 1.54) is 44.9 Å². The molecule has 0 aromatic carbocycles. The fourth-order valence-corrected chi connectivity index (χ4v) is 5.83. The maximum Gasteiger partial charge on any atom is 0.202 e. The van der Waals surface area contributed by atoms with Gasteiger partial charge in [-0.1, -0.05) is 32.1 Å². The van der Waals surface area contributed by atoms with Crippen LogP contribution in [0.3, 0.4) is 0 Å². The van der Waals surface area contributed by atoms with Crippen LogP contribution in [0.4, 0.5) is 0 Å². The normalized spacial score (nSPS) is 50.9. The van der Waals surface area contributed by atoms with Crippen molar-refractivity contribution >= 4 is 11.6 Å². The van der Waals surface area contributed by atoms with Crippen molar-refractivity contribution in [1.29, 1.82) is 0 Å². The third kappa shape index (κ3) is 1.35. The molecule has 6 atom stereocenters. The summed E-state index contributed by atoms with van der Waals surface area (Å²) in [7, 11) is 0. The Morgan fingerprint density at radius 3 is 2.44 bits per heavy atom. The van der Waals surface area contributed by atoms with Gasteiger partial charge in [0.15, 0.2) is 0 Å². The van der Waals surface area contributed by atoms with Crippen LogP contribution < -0.4 is 0 Å². The highest BCUT2D eigenvalue weighted by Crippen LogP contribution is 2.58. The van der Waals surface area contributed by atoms with Gasteiger partial charge in [-0.25, -0.2) is 0 Å². The van der Waals surface area contributed by atoms with E-state index in [2.05, 4.69) is 0 Å². The summed E-state index contributed by atoms with van der Waals surface area (Å²) in [6, 6.07) is 0. The first-order chi connectivity index (χ1) is 8.77. The smallest absolute Gasteiger partial charge is 0.202 e. The lowest BCUT2D eigenvalue weighted by Gasteiger charge is -2.49. The fourth-order valence-electron chi connectivity index (χ4n) is 5.83. The van der Waals surface area contributed by atoms with E-state index < -0.39 is 0 Å². The number of Topliss-reactive ketones (excluding diaryl/α,β-unsaturated/α-hetero) is 2. The van der Waals surface area contributed by atoms with E-state index in [-0.39, 0.29) is 23.4 Å². The Hall–Kier alpha value is -0.660. The molecule has 0 radical (unpaired) electrons. The molecule has 4 fully saturated rings. The topological polar surface area (TPSA) is 34.1 Å². The minimum absolute atomic E-state index is 0.0147. The second-order valence-electron chi connectivity index (χ2n) is 7.07. The summed E-state index contributed by atoms with van der Waals surface area (Å²) in [5.41, 5.74) is 0. The van der Waals surface area contributed by atoms with Crippen LogP contribution >= 0.6 is 0 Å². The minimum Gasteiger partial charge on any atom is -0.291 e. The van der Waals surface area contributed by atoms with E-state index in [1.54, 1.807) is 0 Å². The zero-order valence-corrected chi connectivity index (χ0v) is 10.9. The number of ketones is 2.